The van der Waals surface area contributed by atoms with Crippen molar-refractivity contribution < 1.29 is 19.1 Å². The highest BCUT2D eigenvalue weighted by atomic mass is 19.1. The highest BCUT2D eigenvalue weighted by Gasteiger charge is 2.23. The molecule has 0 radical (unpaired) electrons. The van der Waals surface area contributed by atoms with Crippen LogP contribution in [0.25, 0.3) is 0 Å². The van der Waals surface area contributed by atoms with Crippen molar-refractivity contribution in [2.45, 2.75) is 26.3 Å². The molecule has 0 aromatic heterocycles. The molecule has 0 aliphatic rings. The Labute approximate surface area is 134 Å². The van der Waals surface area contributed by atoms with Crippen LogP contribution in [0.5, 0.6) is 0 Å². The van der Waals surface area contributed by atoms with Crippen molar-refractivity contribution in [3.8, 4) is 0 Å². The first kappa shape index (κ1) is 16.7. The van der Waals surface area contributed by atoms with E-state index in [4.69, 9.17) is 0 Å². The molecule has 2 aromatic rings. The van der Waals surface area contributed by atoms with Crippen LogP contribution in [0, 0.1) is 19.7 Å². The maximum atomic E-state index is 13.6. The van der Waals surface area contributed by atoms with Gasteiger partial charge in [-0.1, -0.05) is 30.3 Å². The second kappa shape index (κ2) is 7.05. The van der Waals surface area contributed by atoms with Gasteiger partial charge in [-0.15, -0.1) is 0 Å². The van der Waals surface area contributed by atoms with Gasteiger partial charge < -0.3 is 10.4 Å². The van der Waals surface area contributed by atoms with Crippen LogP contribution in [0.4, 0.5) is 4.39 Å². The summed E-state index contributed by atoms with van der Waals surface area (Å²) in [4.78, 5) is 23.6. The summed E-state index contributed by atoms with van der Waals surface area (Å²) in [5.74, 6) is -2.57. The molecule has 0 heterocycles. The first-order valence-electron chi connectivity index (χ1n) is 7.23. The number of hydrogen-bond donors (Lipinski definition) is 2. The number of halogens is 1. The van der Waals surface area contributed by atoms with Crippen molar-refractivity contribution in [3.05, 3.63) is 70.5 Å². The number of aliphatic carboxylic acids is 1. The molecule has 0 fully saturated rings. The number of benzene rings is 2. The van der Waals surface area contributed by atoms with Gasteiger partial charge in [0.1, 0.15) is 11.9 Å². The van der Waals surface area contributed by atoms with Gasteiger partial charge in [-0.3, -0.25) is 4.79 Å². The quantitative estimate of drug-likeness (QED) is 0.891. The minimum atomic E-state index is -1.16. The summed E-state index contributed by atoms with van der Waals surface area (Å²) in [6, 6.07) is 10.0. The summed E-state index contributed by atoms with van der Waals surface area (Å²) in [5, 5.41) is 11.8. The lowest BCUT2D eigenvalue weighted by molar-refractivity contribution is -0.139. The molecule has 0 saturated heterocycles. The van der Waals surface area contributed by atoms with E-state index < -0.39 is 23.7 Å². The predicted molar refractivity (Wildman–Crippen MR) is 84.9 cm³/mol. The number of nitrogens with one attached hydrogen (secondary N) is 1. The number of carboxylic acid groups (broad SMARTS) is 1. The van der Waals surface area contributed by atoms with Crippen LogP contribution < -0.4 is 5.32 Å². The summed E-state index contributed by atoms with van der Waals surface area (Å²) in [6.45, 7) is 3.78. The van der Waals surface area contributed by atoms with Gasteiger partial charge in [-0.2, -0.15) is 0 Å². The molecule has 120 valence electrons. The number of carboxylic acids is 1. The number of carbonyl (C=O) groups excluding carboxylic acids is 1. The third-order valence-electron chi connectivity index (χ3n) is 3.77. The molecule has 1 amide bonds. The van der Waals surface area contributed by atoms with Crippen LogP contribution in [-0.4, -0.2) is 23.0 Å². The average Bonchev–Trinajstić information content (AvgIpc) is 2.50. The van der Waals surface area contributed by atoms with E-state index >= 15 is 0 Å². The molecule has 0 aliphatic carbocycles. The Balaban J connectivity index is 2.22. The van der Waals surface area contributed by atoms with Gasteiger partial charge in [0.15, 0.2) is 0 Å². The van der Waals surface area contributed by atoms with Crippen molar-refractivity contribution in [1.29, 1.82) is 0 Å². The van der Waals surface area contributed by atoms with Crippen molar-refractivity contribution >= 4 is 11.9 Å². The van der Waals surface area contributed by atoms with E-state index in [2.05, 4.69) is 5.32 Å². The number of aryl methyl sites for hydroxylation is 2. The van der Waals surface area contributed by atoms with Gasteiger partial charge in [0, 0.05) is 6.42 Å². The molecule has 0 spiro atoms. The maximum Gasteiger partial charge on any atom is 0.326 e. The molecular formula is C18H18FNO3. The zero-order valence-corrected chi connectivity index (χ0v) is 13.0. The Morgan fingerprint density at radius 2 is 1.70 bits per heavy atom. The van der Waals surface area contributed by atoms with Gasteiger partial charge in [-0.25, -0.2) is 9.18 Å². The van der Waals surface area contributed by atoms with E-state index in [9.17, 15) is 19.1 Å². The second-order valence-electron chi connectivity index (χ2n) is 5.42. The molecule has 23 heavy (non-hydrogen) atoms. The Bertz CT molecular complexity index is 723. The van der Waals surface area contributed by atoms with Gasteiger partial charge in [-0.05, 0) is 42.7 Å². The molecule has 2 aromatic carbocycles. The summed E-state index contributed by atoms with van der Waals surface area (Å²) in [6.07, 6.45) is 0.147. The van der Waals surface area contributed by atoms with Crippen molar-refractivity contribution in [2.24, 2.45) is 0 Å². The number of hydrogen-bond acceptors (Lipinski definition) is 2. The molecule has 4 nitrogen and oxygen atoms in total. The minimum Gasteiger partial charge on any atom is -0.480 e. The lowest BCUT2D eigenvalue weighted by Gasteiger charge is -2.17. The summed E-state index contributed by atoms with van der Waals surface area (Å²) < 4.78 is 13.6. The first-order valence-corrected chi connectivity index (χ1v) is 7.23. The van der Waals surface area contributed by atoms with E-state index in [1.165, 1.54) is 18.2 Å². The SMILES string of the molecule is Cc1cccc(C)c1C[C@H](NC(=O)c1ccccc1F)C(=O)O. The standard InChI is InChI=1S/C18H18FNO3/c1-11-6-5-7-12(2)14(11)10-16(18(22)23)20-17(21)13-8-3-4-9-15(13)19/h3-9,16H,10H2,1-2H3,(H,20,21)(H,22,23)/t16-/m0/s1. The van der Waals surface area contributed by atoms with Crippen LogP contribution in [0.1, 0.15) is 27.0 Å². The zero-order valence-electron chi connectivity index (χ0n) is 13.0. The van der Waals surface area contributed by atoms with E-state index in [1.54, 1.807) is 0 Å². The molecule has 1 atom stereocenters. The van der Waals surface area contributed by atoms with Crippen LogP contribution in [-0.2, 0) is 11.2 Å². The van der Waals surface area contributed by atoms with Crippen molar-refractivity contribution in [2.75, 3.05) is 0 Å². The summed E-state index contributed by atoms with van der Waals surface area (Å²) in [7, 11) is 0. The second-order valence-corrected chi connectivity index (χ2v) is 5.42. The van der Waals surface area contributed by atoms with Crippen LogP contribution in [0.15, 0.2) is 42.5 Å². The third kappa shape index (κ3) is 3.94. The highest BCUT2D eigenvalue weighted by molar-refractivity contribution is 5.96. The van der Waals surface area contributed by atoms with E-state index in [0.717, 1.165) is 22.8 Å². The number of rotatable bonds is 5. The first-order chi connectivity index (χ1) is 10.9. The maximum absolute atomic E-state index is 13.6. The molecule has 0 aliphatic heterocycles. The monoisotopic (exact) mass is 315 g/mol. The Morgan fingerprint density at radius 3 is 2.26 bits per heavy atom. The largest absolute Gasteiger partial charge is 0.480 e. The third-order valence-corrected chi connectivity index (χ3v) is 3.77. The molecule has 0 unspecified atom stereocenters. The number of carbonyl (C=O) groups is 2. The topological polar surface area (TPSA) is 66.4 Å². The fraction of sp³-hybridized carbons (Fsp3) is 0.222. The van der Waals surface area contributed by atoms with Crippen molar-refractivity contribution in [1.82, 2.24) is 5.32 Å². The highest BCUT2D eigenvalue weighted by Crippen LogP contribution is 2.16. The van der Waals surface area contributed by atoms with Crippen LogP contribution in [0.3, 0.4) is 0 Å². The molecule has 0 bridgehead atoms. The fourth-order valence-corrected chi connectivity index (χ4v) is 2.46. The molecular weight excluding hydrogens is 297 g/mol. The smallest absolute Gasteiger partial charge is 0.326 e. The van der Waals surface area contributed by atoms with E-state index in [1.807, 2.05) is 32.0 Å². The van der Waals surface area contributed by atoms with E-state index in [0.29, 0.717) is 0 Å². The molecule has 0 saturated carbocycles. The van der Waals surface area contributed by atoms with Gasteiger partial charge in [0.2, 0.25) is 0 Å². The number of amides is 1. The van der Waals surface area contributed by atoms with Crippen LogP contribution in [0.2, 0.25) is 0 Å². The lowest BCUT2D eigenvalue weighted by atomic mass is 9.96. The lowest BCUT2D eigenvalue weighted by Crippen LogP contribution is -2.42. The summed E-state index contributed by atoms with van der Waals surface area (Å²) >= 11 is 0. The zero-order chi connectivity index (χ0) is 17.0. The predicted octanol–water partition coefficient (Wildman–Crippen LogP) is 2.87. The Morgan fingerprint density at radius 1 is 1.09 bits per heavy atom. The average molecular weight is 315 g/mol. The molecule has 2 N–H and O–H groups in total. The minimum absolute atomic E-state index is 0.147. The summed E-state index contributed by atoms with van der Waals surface area (Å²) in [5.41, 5.74) is 2.61. The molecule has 5 heteroatoms. The van der Waals surface area contributed by atoms with Gasteiger partial charge >= 0.3 is 5.97 Å². The van der Waals surface area contributed by atoms with Gasteiger partial charge in [0.25, 0.3) is 5.91 Å². The Kier molecular flexibility index (Phi) is 5.11. The van der Waals surface area contributed by atoms with Crippen molar-refractivity contribution in [3.63, 3.8) is 0 Å². The molecule has 2 rings (SSSR count). The van der Waals surface area contributed by atoms with Crippen LogP contribution >= 0.6 is 0 Å². The van der Waals surface area contributed by atoms with E-state index in [-0.39, 0.29) is 12.0 Å². The Hall–Kier alpha value is -2.69. The van der Waals surface area contributed by atoms with Gasteiger partial charge in [0.05, 0.1) is 5.56 Å². The fourth-order valence-electron chi connectivity index (χ4n) is 2.46. The normalized spacial score (nSPS) is 11.8.